The number of nitrogens with one attached hydrogen (secondary N) is 1. The molecule has 1 aromatic heterocycles. The summed E-state index contributed by atoms with van der Waals surface area (Å²) in [5, 5.41) is 17.0. The summed E-state index contributed by atoms with van der Waals surface area (Å²) in [7, 11) is 0. The van der Waals surface area contributed by atoms with Gasteiger partial charge in [-0.1, -0.05) is 5.22 Å². The molecule has 0 spiro atoms. The smallest absolute Gasteiger partial charge is 0.212 e. The number of rotatable bonds is 6. The highest BCUT2D eigenvalue weighted by molar-refractivity contribution is 5.41. The van der Waals surface area contributed by atoms with Crippen LogP contribution in [0.15, 0.2) is 16.7 Å². The van der Waals surface area contributed by atoms with Crippen molar-refractivity contribution in [1.29, 1.82) is 5.26 Å². The second-order valence-electron chi connectivity index (χ2n) is 2.73. The Balaban J connectivity index is 2.66. The fourth-order valence-corrected chi connectivity index (χ4v) is 0.947. The van der Waals surface area contributed by atoms with E-state index in [9.17, 15) is 8.78 Å². The molecule has 0 unspecified atom stereocenters. The van der Waals surface area contributed by atoms with Gasteiger partial charge in [0.05, 0.1) is 19.4 Å². The number of nitrogens with zero attached hydrogens (tertiary/aromatic N) is 5. The van der Waals surface area contributed by atoms with E-state index in [1.165, 1.54) is 6.33 Å². The molecular weight excluding hydrogens is 218 g/mol. The van der Waals surface area contributed by atoms with Crippen LogP contribution in [-0.4, -0.2) is 41.4 Å². The van der Waals surface area contributed by atoms with E-state index in [0.717, 1.165) is 5.01 Å². The lowest BCUT2D eigenvalue weighted by molar-refractivity contribution is 0.224. The number of hydrogen-bond donors (Lipinski definition) is 1. The number of halogens is 2. The molecule has 0 aliphatic rings. The average Bonchev–Trinajstić information content (AvgIpc) is 2.74. The Kier molecular flexibility index (Phi) is 4.85. The van der Waals surface area contributed by atoms with Crippen LogP contribution in [0.5, 0.6) is 0 Å². The molecule has 0 bridgehead atoms. The third kappa shape index (κ3) is 3.27. The first-order chi connectivity index (χ1) is 7.81. The van der Waals surface area contributed by atoms with Crippen LogP contribution in [0.25, 0.3) is 0 Å². The second kappa shape index (κ2) is 6.44. The first kappa shape index (κ1) is 12.0. The van der Waals surface area contributed by atoms with Crippen molar-refractivity contribution in [2.75, 3.05) is 26.4 Å². The van der Waals surface area contributed by atoms with Crippen molar-refractivity contribution < 1.29 is 8.78 Å². The van der Waals surface area contributed by atoms with Gasteiger partial charge in [0.1, 0.15) is 19.4 Å². The van der Waals surface area contributed by atoms with E-state index in [2.05, 4.69) is 20.3 Å². The quantitative estimate of drug-likeness (QED) is 0.592. The number of nitriles is 1. The Labute approximate surface area is 90.6 Å². The predicted octanol–water partition coefficient (Wildman–Crippen LogP) is 1.52. The van der Waals surface area contributed by atoms with Crippen LogP contribution in [-0.2, 0) is 0 Å². The zero-order chi connectivity index (χ0) is 11.8. The van der Waals surface area contributed by atoms with Crippen LogP contribution < -0.4 is 0 Å². The second-order valence-corrected chi connectivity index (χ2v) is 2.73. The number of alkyl halides is 2. The zero-order valence-electron chi connectivity index (χ0n) is 8.40. The third-order valence-corrected chi connectivity index (χ3v) is 1.68. The Morgan fingerprint density at radius 1 is 1.44 bits per heavy atom. The van der Waals surface area contributed by atoms with E-state index in [-0.39, 0.29) is 24.6 Å². The van der Waals surface area contributed by atoms with E-state index >= 15 is 0 Å². The van der Waals surface area contributed by atoms with Crippen LogP contribution >= 0.6 is 0 Å². The van der Waals surface area contributed by atoms with Gasteiger partial charge in [-0.15, -0.1) is 5.11 Å². The summed E-state index contributed by atoms with van der Waals surface area (Å²) in [6.07, 6.45) is 1.29. The maximum atomic E-state index is 12.0. The van der Waals surface area contributed by atoms with Gasteiger partial charge in [-0.05, 0) is 0 Å². The van der Waals surface area contributed by atoms with Gasteiger partial charge in [0.2, 0.25) is 5.82 Å². The van der Waals surface area contributed by atoms with Crippen molar-refractivity contribution in [1.82, 2.24) is 15.0 Å². The molecule has 0 aliphatic carbocycles. The molecule has 0 atom stereocenters. The molecule has 1 rings (SSSR count). The van der Waals surface area contributed by atoms with Gasteiger partial charge < -0.3 is 4.98 Å². The lowest BCUT2D eigenvalue weighted by Crippen LogP contribution is -2.22. The van der Waals surface area contributed by atoms with Crippen LogP contribution in [0.4, 0.5) is 14.6 Å². The molecule has 6 nitrogen and oxygen atoms in total. The highest BCUT2D eigenvalue weighted by atomic mass is 19.1. The number of hydrogen-bond acceptors (Lipinski definition) is 4. The summed E-state index contributed by atoms with van der Waals surface area (Å²) < 4.78 is 24.1. The summed E-state index contributed by atoms with van der Waals surface area (Å²) in [5.41, 5.74) is 0.157. The molecule has 0 aromatic carbocycles. The largest absolute Gasteiger partial charge is 0.334 e. The van der Waals surface area contributed by atoms with Crippen molar-refractivity contribution >= 4 is 5.82 Å². The zero-order valence-corrected chi connectivity index (χ0v) is 8.40. The minimum absolute atomic E-state index is 0.0419. The Morgan fingerprint density at radius 3 is 2.69 bits per heavy atom. The van der Waals surface area contributed by atoms with Gasteiger partial charge in [-0.3, -0.25) is 5.01 Å². The minimum Gasteiger partial charge on any atom is -0.334 e. The molecule has 0 fully saturated rings. The Morgan fingerprint density at radius 2 is 2.12 bits per heavy atom. The Hall–Kier alpha value is -2.04. The topological polar surface area (TPSA) is 80.4 Å². The summed E-state index contributed by atoms with van der Waals surface area (Å²) in [4.78, 5) is 6.28. The molecule has 0 amide bonds. The van der Waals surface area contributed by atoms with Crippen molar-refractivity contribution in [3.8, 4) is 6.07 Å². The van der Waals surface area contributed by atoms with Gasteiger partial charge in [0, 0.05) is 0 Å². The highest BCUT2D eigenvalue weighted by Gasteiger charge is 2.04. The summed E-state index contributed by atoms with van der Waals surface area (Å²) in [6, 6.07) is 1.82. The van der Waals surface area contributed by atoms with Crippen molar-refractivity contribution in [3.63, 3.8) is 0 Å². The van der Waals surface area contributed by atoms with Gasteiger partial charge in [-0.2, -0.15) is 5.26 Å². The van der Waals surface area contributed by atoms with E-state index in [1.807, 2.05) is 6.07 Å². The lowest BCUT2D eigenvalue weighted by Gasteiger charge is -2.12. The molecule has 16 heavy (non-hydrogen) atoms. The first-order valence-electron chi connectivity index (χ1n) is 4.53. The molecule has 0 radical (unpaired) electrons. The van der Waals surface area contributed by atoms with Crippen LogP contribution in [0.1, 0.15) is 5.69 Å². The SMILES string of the molecule is N#Cc1[nH]cnc1N=NN(CCF)CCF. The van der Waals surface area contributed by atoms with Crippen LogP contribution in [0.3, 0.4) is 0 Å². The minimum atomic E-state index is -0.648. The van der Waals surface area contributed by atoms with Crippen molar-refractivity contribution in [3.05, 3.63) is 12.0 Å². The van der Waals surface area contributed by atoms with E-state index in [1.54, 1.807) is 0 Å². The van der Waals surface area contributed by atoms with E-state index in [4.69, 9.17) is 5.26 Å². The molecule has 1 heterocycles. The number of aromatic nitrogens is 2. The first-order valence-corrected chi connectivity index (χ1v) is 4.53. The lowest BCUT2D eigenvalue weighted by atomic mass is 10.5. The van der Waals surface area contributed by atoms with Gasteiger partial charge >= 0.3 is 0 Å². The maximum Gasteiger partial charge on any atom is 0.212 e. The Bertz CT molecular complexity index is 376. The number of aromatic amines is 1. The molecule has 8 heteroatoms. The molecular formula is C8H10F2N6. The molecule has 0 aliphatic heterocycles. The number of H-pyrrole nitrogens is 1. The molecule has 86 valence electrons. The summed E-state index contributed by atoms with van der Waals surface area (Å²) in [6.45, 7) is -1.38. The summed E-state index contributed by atoms with van der Waals surface area (Å²) >= 11 is 0. The van der Waals surface area contributed by atoms with Gasteiger partial charge in [-0.25, -0.2) is 13.8 Å². The normalized spacial score (nSPS) is 10.6. The van der Waals surface area contributed by atoms with Gasteiger partial charge in [0.25, 0.3) is 0 Å². The average molecular weight is 228 g/mol. The van der Waals surface area contributed by atoms with Crippen LogP contribution in [0.2, 0.25) is 0 Å². The maximum absolute atomic E-state index is 12.0. The monoisotopic (exact) mass is 228 g/mol. The third-order valence-electron chi connectivity index (χ3n) is 1.68. The molecule has 1 aromatic rings. The summed E-state index contributed by atoms with van der Waals surface area (Å²) in [5.74, 6) is 0.102. The molecule has 1 N–H and O–H groups in total. The van der Waals surface area contributed by atoms with E-state index < -0.39 is 13.3 Å². The van der Waals surface area contributed by atoms with Gasteiger partial charge in [0.15, 0.2) is 5.69 Å². The van der Waals surface area contributed by atoms with Crippen molar-refractivity contribution in [2.45, 2.75) is 0 Å². The molecule has 0 saturated carbocycles. The number of imidazole rings is 1. The fraction of sp³-hybridized carbons (Fsp3) is 0.500. The van der Waals surface area contributed by atoms with Crippen LogP contribution in [0, 0.1) is 11.3 Å². The van der Waals surface area contributed by atoms with E-state index in [0.29, 0.717) is 0 Å². The fourth-order valence-electron chi connectivity index (χ4n) is 0.947. The van der Waals surface area contributed by atoms with Crippen molar-refractivity contribution in [2.24, 2.45) is 10.3 Å². The molecule has 0 saturated heterocycles. The predicted molar refractivity (Wildman–Crippen MR) is 51.3 cm³/mol. The highest BCUT2D eigenvalue weighted by Crippen LogP contribution is 2.12. The standard InChI is InChI=1S/C8H10F2N6/c9-1-3-16(4-2-10)15-14-8-7(5-11)12-6-13-8/h6H,1-4H2,(H,12,13).